The van der Waals surface area contributed by atoms with E-state index in [1.54, 1.807) is 18.2 Å². The third-order valence-corrected chi connectivity index (χ3v) is 5.47. The van der Waals surface area contributed by atoms with E-state index in [0.717, 1.165) is 32.1 Å². The molecule has 1 amide bonds. The van der Waals surface area contributed by atoms with Crippen LogP contribution in [0.25, 0.3) is 10.9 Å². The van der Waals surface area contributed by atoms with Crippen LogP contribution in [0.4, 0.5) is 11.5 Å². The molecule has 1 aromatic carbocycles. The summed E-state index contributed by atoms with van der Waals surface area (Å²) in [6.45, 7) is 1.40. The van der Waals surface area contributed by atoms with Crippen LogP contribution < -0.4 is 10.2 Å². The van der Waals surface area contributed by atoms with Gasteiger partial charge in [0.1, 0.15) is 12.1 Å². The van der Waals surface area contributed by atoms with Gasteiger partial charge in [0, 0.05) is 29.7 Å². The van der Waals surface area contributed by atoms with Gasteiger partial charge in [-0.05, 0) is 38.0 Å². The molecule has 3 rings (SSSR count). The lowest BCUT2D eigenvalue weighted by Gasteiger charge is -2.22. The summed E-state index contributed by atoms with van der Waals surface area (Å²) in [6.07, 6.45) is 6.36. The largest absolute Gasteiger partial charge is 0.477 e. The Balaban J connectivity index is 1.96. The predicted octanol–water partition coefficient (Wildman–Crippen LogP) is 3.03. The molecule has 0 unspecified atom stereocenters. The molecule has 1 fully saturated rings. The van der Waals surface area contributed by atoms with Crippen molar-refractivity contribution in [1.29, 1.82) is 0 Å². The summed E-state index contributed by atoms with van der Waals surface area (Å²) in [6, 6.07) is 5.21. The van der Waals surface area contributed by atoms with Gasteiger partial charge in [-0.15, -0.1) is 0 Å². The maximum atomic E-state index is 12.6. The lowest BCUT2D eigenvalue weighted by molar-refractivity contribution is -0.140. The van der Waals surface area contributed by atoms with Crippen LogP contribution in [0.2, 0.25) is 0 Å². The van der Waals surface area contributed by atoms with Crippen molar-refractivity contribution in [3.8, 4) is 0 Å². The number of benzene rings is 1. The number of hydrogen-bond donors (Lipinski definition) is 3. The summed E-state index contributed by atoms with van der Waals surface area (Å²) >= 11 is 0. The minimum atomic E-state index is -1.54. The maximum absolute atomic E-state index is 12.6. The number of allylic oxidation sites excluding steroid dienone is 1. The highest BCUT2D eigenvalue weighted by molar-refractivity contribution is 6.13. The third-order valence-electron chi connectivity index (χ3n) is 5.47. The quantitative estimate of drug-likeness (QED) is 0.375. The fraction of sp³-hybridized carbons (Fsp3) is 0.381. The van der Waals surface area contributed by atoms with Crippen LogP contribution in [-0.4, -0.2) is 45.1 Å². The Bertz CT molecular complexity index is 1010. The van der Waals surface area contributed by atoms with E-state index >= 15 is 0 Å². The molecule has 0 aliphatic heterocycles. The number of nitrogens with zero attached hydrogens (tertiary/aromatic N) is 3. The monoisotopic (exact) mass is 412 g/mol. The van der Waals surface area contributed by atoms with Crippen LogP contribution in [0.15, 0.2) is 35.8 Å². The van der Waals surface area contributed by atoms with Crippen LogP contribution in [0, 0.1) is 5.92 Å². The van der Waals surface area contributed by atoms with Crippen LogP contribution in [0.5, 0.6) is 0 Å². The van der Waals surface area contributed by atoms with Gasteiger partial charge in [0.05, 0.1) is 5.52 Å². The molecule has 2 aromatic rings. The Morgan fingerprint density at radius 1 is 1.07 bits per heavy atom. The second-order valence-electron chi connectivity index (χ2n) is 7.38. The van der Waals surface area contributed by atoms with Gasteiger partial charge in [-0.2, -0.15) is 0 Å². The molecular formula is C21H24N4O5. The van der Waals surface area contributed by atoms with E-state index in [2.05, 4.69) is 15.3 Å². The standard InChI is InChI=1S/C21H24N4O5/c1-12(17(20(27)28)21(29)30)25(2)18-15-10-14(8-9-16(15)22-11-23-18)24-19(26)13-6-4-3-5-7-13/h8-11,13H,3-7H2,1-2H3,(H,24,26)(H,27,28)(H,29,30). The number of amides is 1. The van der Waals surface area contributed by atoms with Gasteiger partial charge in [-0.1, -0.05) is 19.3 Å². The Hall–Kier alpha value is -3.49. The number of aromatic nitrogens is 2. The Morgan fingerprint density at radius 2 is 1.73 bits per heavy atom. The highest BCUT2D eigenvalue weighted by Gasteiger charge is 2.24. The molecule has 0 bridgehead atoms. The van der Waals surface area contributed by atoms with Gasteiger partial charge in [-0.25, -0.2) is 19.6 Å². The summed E-state index contributed by atoms with van der Waals surface area (Å²) in [7, 11) is 1.54. The van der Waals surface area contributed by atoms with Crippen molar-refractivity contribution in [1.82, 2.24) is 9.97 Å². The van der Waals surface area contributed by atoms with E-state index < -0.39 is 17.5 Å². The third kappa shape index (κ3) is 4.40. The van der Waals surface area contributed by atoms with Gasteiger partial charge in [-0.3, -0.25) is 4.79 Å². The molecule has 0 atom stereocenters. The summed E-state index contributed by atoms with van der Waals surface area (Å²) in [5, 5.41) is 22.0. The van der Waals surface area contributed by atoms with Crippen LogP contribution in [0.1, 0.15) is 39.0 Å². The molecule has 9 heteroatoms. The molecular weight excluding hydrogens is 388 g/mol. The average Bonchev–Trinajstić information content (AvgIpc) is 2.72. The maximum Gasteiger partial charge on any atom is 0.344 e. The number of carbonyl (C=O) groups excluding carboxylic acids is 1. The molecule has 0 saturated heterocycles. The van der Waals surface area contributed by atoms with Gasteiger partial charge in [0.25, 0.3) is 0 Å². The second-order valence-corrected chi connectivity index (χ2v) is 7.38. The lowest BCUT2D eigenvalue weighted by atomic mass is 9.88. The summed E-state index contributed by atoms with van der Waals surface area (Å²) < 4.78 is 0. The topological polar surface area (TPSA) is 133 Å². The number of carbonyl (C=O) groups is 3. The van der Waals surface area contributed by atoms with Crippen molar-refractivity contribution >= 4 is 40.3 Å². The van der Waals surface area contributed by atoms with Crippen LogP contribution in [0.3, 0.4) is 0 Å². The Kier molecular flexibility index (Phi) is 6.29. The zero-order valence-corrected chi connectivity index (χ0v) is 16.9. The van der Waals surface area contributed by atoms with Crippen molar-refractivity contribution in [2.75, 3.05) is 17.3 Å². The van der Waals surface area contributed by atoms with E-state index in [1.165, 1.54) is 25.2 Å². The molecule has 0 radical (unpaired) electrons. The SMILES string of the molecule is CC(=C(C(=O)O)C(=O)O)N(C)c1ncnc2ccc(NC(=O)C3CCCCC3)cc12. The van der Waals surface area contributed by atoms with Gasteiger partial charge >= 0.3 is 11.9 Å². The van der Waals surface area contributed by atoms with E-state index in [0.29, 0.717) is 22.4 Å². The lowest BCUT2D eigenvalue weighted by Crippen LogP contribution is -2.25. The first-order valence-corrected chi connectivity index (χ1v) is 9.76. The number of anilines is 2. The molecule has 1 aromatic heterocycles. The first-order valence-electron chi connectivity index (χ1n) is 9.76. The molecule has 1 saturated carbocycles. The predicted molar refractivity (Wildman–Crippen MR) is 111 cm³/mol. The van der Waals surface area contributed by atoms with E-state index in [4.69, 9.17) is 0 Å². The van der Waals surface area contributed by atoms with E-state index in [1.807, 2.05) is 0 Å². The summed E-state index contributed by atoms with van der Waals surface area (Å²) in [5.74, 6) is -2.75. The zero-order chi connectivity index (χ0) is 21.8. The molecule has 1 heterocycles. The fourth-order valence-corrected chi connectivity index (χ4v) is 3.72. The normalized spacial score (nSPS) is 14.2. The molecule has 1 aliphatic carbocycles. The van der Waals surface area contributed by atoms with Crippen molar-refractivity contribution in [2.24, 2.45) is 5.92 Å². The minimum absolute atomic E-state index is 0.00230. The molecule has 3 N–H and O–H groups in total. The average molecular weight is 412 g/mol. The smallest absolute Gasteiger partial charge is 0.344 e. The van der Waals surface area contributed by atoms with Gasteiger partial charge in [0.15, 0.2) is 5.57 Å². The molecule has 9 nitrogen and oxygen atoms in total. The first-order chi connectivity index (χ1) is 14.3. The van der Waals surface area contributed by atoms with Gasteiger partial charge in [0.2, 0.25) is 5.91 Å². The van der Waals surface area contributed by atoms with Crippen molar-refractivity contribution in [3.05, 3.63) is 35.8 Å². The van der Waals surface area contributed by atoms with E-state index in [-0.39, 0.29) is 17.5 Å². The molecule has 158 valence electrons. The number of rotatable bonds is 6. The number of aliphatic carboxylic acids is 2. The molecule has 0 spiro atoms. The molecule has 1 aliphatic rings. The highest BCUT2D eigenvalue weighted by atomic mass is 16.4. The Labute approximate surface area is 173 Å². The number of fused-ring (bicyclic) bond motifs is 1. The van der Waals surface area contributed by atoms with Crippen molar-refractivity contribution < 1.29 is 24.6 Å². The van der Waals surface area contributed by atoms with Gasteiger partial charge < -0.3 is 20.4 Å². The molecule has 30 heavy (non-hydrogen) atoms. The summed E-state index contributed by atoms with van der Waals surface area (Å²) in [4.78, 5) is 45.1. The highest BCUT2D eigenvalue weighted by Crippen LogP contribution is 2.29. The van der Waals surface area contributed by atoms with Crippen LogP contribution >= 0.6 is 0 Å². The van der Waals surface area contributed by atoms with Crippen molar-refractivity contribution in [2.45, 2.75) is 39.0 Å². The van der Waals surface area contributed by atoms with Crippen LogP contribution in [-0.2, 0) is 14.4 Å². The zero-order valence-electron chi connectivity index (χ0n) is 16.9. The number of carboxylic acids is 2. The van der Waals surface area contributed by atoms with E-state index in [9.17, 15) is 24.6 Å². The number of nitrogens with one attached hydrogen (secondary N) is 1. The summed E-state index contributed by atoms with van der Waals surface area (Å²) in [5.41, 5.74) is 0.445. The minimum Gasteiger partial charge on any atom is -0.477 e. The number of hydrogen-bond acceptors (Lipinski definition) is 6. The Morgan fingerprint density at radius 3 is 2.37 bits per heavy atom. The number of carboxylic acid groups (broad SMARTS) is 2. The fourth-order valence-electron chi connectivity index (χ4n) is 3.72. The van der Waals surface area contributed by atoms with Crippen molar-refractivity contribution in [3.63, 3.8) is 0 Å². The second kappa shape index (κ2) is 8.89. The first kappa shape index (κ1) is 21.2.